The van der Waals surface area contributed by atoms with Crippen molar-refractivity contribution in [3.63, 3.8) is 0 Å². The molecule has 0 aromatic rings. The van der Waals surface area contributed by atoms with Gasteiger partial charge in [-0.05, 0) is 18.7 Å². The minimum Gasteiger partial charge on any atom is -0.390 e. The molecule has 100 valence electrons. The van der Waals surface area contributed by atoms with Gasteiger partial charge in [0, 0.05) is 51.6 Å². The molecule has 4 nitrogen and oxygen atoms in total. The summed E-state index contributed by atoms with van der Waals surface area (Å²) in [5.74, 6) is 2.50. The number of nitrogens with one attached hydrogen (secondary N) is 1. The van der Waals surface area contributed by atoms with E-state index in [1.165, 1.54) is 17.9 Å². The molecule has 2 fully saturated rings. The van der Waals surface area contributed by atoms with Gasteiger partial charge >= 0.3 is 0 Å². The zero-order chi connectivity index (χ0) is 11.9. The second kappa shape index (κ2) is 7.59. The zero-order valence-electron chi connectivity index (χ0n) is 10.6. The molecule has 2 aliphatic rings. The van der Waals surface area contributed by atoms with E-state index in [0.29, 0.717) is 0 Å². The smallest absolute Gasteiger partial charge is 0.0793 e. The Bertz CT molecular complexity index is 204. The highest BCUT2D eigenvalue weighted by atomic mass is 32.2. The summed E-state index contributed by atoms with van der Waals surface area (Å²) in [6.07, 6.45) is 1.08. The summed E-state index contributed by atoms with van der Waals surface area (Å²) < 4.78 is 0. The van der Waals surface area contributed by atoms with Gasteiger partial charge in [0.25, 0.3) is 0 Å². The standard InChI is InChI=1S/C12H25N3OS/c16-12(11-15-5-2-13-3-6-15)10-14-4-1-8-17-9-7-14/h12-13,16H,1-11H2. The van der Waals surface area contributed by atoms with Crippen LogP contribution in [0.3, 0.4) is 0 Å². The molecule has 1 unspecified atom stereocenters. The molecule has 5 heteroatoms. The van der Waals surface area contributed by atoms with Crippen LogP contribution in [0.15, 0.2) is 0 Å². The molecule has 0 radical (unpaired) electrons. The molecule has 0 aromatic heterocycles. The Balaban J connectivity index is 1.66. The van der Waals surface area contributed by atoms with Gasteiger partial charge in [-0.25, -0.2) is 0 Å². The lowest BCUT2D eigenvalue weighted by Crippen LogP contribution is -2.48. The lowest BCUT2D eigenvalue weighted by Gasteiger charge is -2.31. The Labute approximate surface area is 109 Å². The van der Waals surface area contributed by atoms with Crippen molar-refractivity contribution in [3.8, 4) is 0 Å². The SMILES string of the molecule is OC(CN1CCNCC1)CN1CCCSCC1. The molecule has 2 rings (SSSR count). The first-order valence-corrected chi connectivity index (χ1v) is 7.91. The lowest BCUT2D eigenvalue weighted by molar-refractivity contribution is 0.0718. The van der Waals surface area contributed by atoms with Gasteiger partial charge in [0.2, 0.25) is 0 Å². The van der Waals surface area contributed by atoms with E-state index in [4.69, 9.17) is 0 Å². The predicted molar refractivity (Wildman–Crippen MR) is 73.7 cm³/mol. The minimum atomic E-state index is -0.184. The maximum atomic E-state index is 10.1. The first-order valence-electron chi connectivity index (χ1n) is 6.76. The van der Waals surface area contributed by atoms with Gasteiger partial charge in [0.05, 0.1) is 6.10 Å². The van der Waals surface area contributed by atoms with E-state index in [2.05, 4.69) is 15.1 Å². The molecule has 0 aromatic carbocycles. The predicted octanol–water partition coefficient (Wildman–Crippen LogP) is -0.309. The summed E-state index contributed by atoms with van der Waals surface area (Å²) >= 11 is 2.04. The molecule has 17 heavy (non-hydrogen) atoms. The van der Waals surface area contributed by atoms with Gasteiger partial charge < -0.3 is 10.4 Å². The highest BCUT2D eigenvalue weighted by Crippen LogP contribution is 2.10. The van der Waals surface area contributed by atoms with E-state index < -0.39 is 0 Å². The van der Waals surface area contributed by atoms with Crippen LogP contribution in [-0.2, 0) is 0 Å². The molecule has 0 amide bonds. The molecule has 0 spiro atoms. The van der Waals surface area contributed by atoms with Crippen molar-refractivity contribution in [3.05, 3.63) is 0 Å². The summed E-state index contributed by atoms with van der Waals surface area (Å²) in [6, 6.07) is 0. The maximum Gasteiger partial charge on any atom is 0.0793 e. The minimum absolute atomic E-state index is 0.184. The molecule has 2 heterocycles. The van der Waals surface area contributed by atoms with Gasteiger partial charge in [-0.3, -0.25) is 9.80 Å². The maximum absolute atomic E-state index is 10.1. The van der Waals surface area contributed by atoms with E-state index in [-0.39, 0.29) is 6.10 Å². The molecular formula is C12H25N3OS. The average molecular weight is 259 g/mol. The van der Waals surface area contributed by atoms with Crippen LogP contribution >= 0.6 is 11.8 Å². The van der Waals surface area contributed by atoms with Gasteiger partial charge in [0.1, 0.15) is 0 Å². The summed E-state index contributed by atoms with van der Waals surface area (Å²) in [5, 5.41) is 13.5. The van der Waals surface area contributed by atoms with E-state index in [1.54, 1.807) is 0 Å². The van der Waals surface area contributed by atoms with Crippen molar-refractivity contribution < 1.29 is 5.11 Å². The Kier molecular flexibility index (Phi) is 6.08. The molecule has 2 aliphatic heterocycles. The van der Waals surface area contributed by atoms with Crippen LogP contribution in [-0.4, -0.2) is 84.9 Å². The van der Waals surface area contributed by atoms with Crippen molar-refractivity contribution in [2.75, 3.05) is 63.9 Å². The average Bonchev–Trinajstić information content (AvgIpc) is 2.59. The van der Waals surface area contributed by atoms with Crippen LogP contribution in [0.5, 0.6) is 0 Å². The van der Waals surface area contributed by atoms with Gasteiger partial charge in [-0.2, -0.15) is 11.8 Å². The Morgan fingerprint density at radius 1 is 1.00 bits per heavy atom. The molecule has 0 bridgehead atoms. The van der Waals surface area contributed by atoms with Crippen molar-refractivity contribution in [1.82, 2.24) is 15.1 Å². The fourth-order valence-electron chi connectivity index (χ4n) is 2.53. The number of piperazine rings is 1. The topological polar surface area (TPSA) is 38.7 Å². The Morgan fingerprint density at radius 2 is 1.71 bits per heavy atom. The lowest BCUT2D eigenvalue weighted by atomic mass is 10.2. The largest absolute Gasteiger partial charge is 0.390 e. The third-order valence-electron chi connectivity index (χ3n) is 3.46. The van der Waals surface area contributed by atoms with E-state index in [1.807, 2.05) is 11.8 Å². The van der Waals surface area contributed by atoms with Crippen molar-refractivity contribution in [2.45, 2.75) is 12.5 Å². The Morgan fingerprint density at radius 3 is 2.47 bits per heavy atom. The third kappa shape index (κ3) is 5.14. The van der Waals surface area contributed by atoms with Crippen LogP contribution in [0.4, 0.5) is 0 Å². The number of thioether (sulfide) groups is 1. The monoisotopic (exact) mass is 259 g/mol. The normalized spacial score (nSPS) is 26.6. The third-order valence-corrected chi connectivity index (χ3v) is 4.51. The van der Waals surface area contributed by atoms with E-state index >= 15 is 0 Å². The van der Waals surface area contributed by atoms with Crippen molar-refractivity contribution in [2.24, 2.45) is 0 Å². The van der Waals surface area contributed by atoms with Gasteiger partial charge in [0.15, 0.2) is 0 Å². The van der Waals surface area contributed by atoms with Crippen molar-refractivity contribution in [1.29, 1.82) is 0 Å². The molecular weight excluding hydrogens is 234 g/mol. The number of β-amino-alcohol motifs (C(OH)–C–C–N with tert-alkyl or cyclic N) is 1. The van der Waals surface area contributed by atoms with Crippen LogP contribution in [0.25, 0.3) is 0 Å². The number of aliphatic hydroxyl groups excluding tert-OH is 1. The fourth-order valence-corrected chi connectivity index (χ4v) is 3.45. The highest BCUT2D eigenvalue weighted by molar-refractivity contribution is 7.99. The number of aliphatic hydroxyl groups is 1. The molecule has 0 aliphatic carbocycles. The summed E-state index contributed by atoms with van der Waals surface area (Å²) in [4.78, 5) is 4.79. The quantitative estimate of drug-likeness (QED) is 0.725. The molecule has 2 N–H and O–H groups in total. The first kappa shape index (κ1) is 13.6. The van der Waals surface area contributed by atoms with Crippen LogP contribution < -0.4 is 5.32 Å². The summed E-state index contributed by atoms with van der Waals surface area (Å²) in [6.45, 7) is 8.27. The van der Waals surface area contributed by atoms with Crippen LogP contribution in [0.1, 0.15) is 6.42 Å². The number of nitrogens with zero attached hydrogens (tertiary/aromatic N) is 2. The number of hydrogen-bond acceptors (Lipinski definition) is 5. The number of hydrogen-bond donors (Lipinski definition) is 2. The van der Waals surface area contributed by atoms with Crippen molar-refractivity contribution >= 4 is 11.8 Å². The second-order valence-corrected chi connectivity index (χ2v) is 6.20. The number of rotatable bonds is 4. The molecule has 1 atom stereocenters. The van der Waals surface area contributed by atoms with E-state index in [9.17, 15) is 5.11 Å². The summed E-state index contributed by atoms with van der Waals surface area (Å²) in [5.41, 5.74) is 0. The van der Waals surface area contributed by atoms with Crippen LogP contribution in [0.2, 0.25) is 0 Å². The van der Waals surface area contributed by atoms with Crippen LogP contribution in [0, 0.1) is 0 Å². The second-order valence-electron chi connectivity index (χ2n) is 4.97. The molecule has 2 saturated heterocycles. The summed E-state index contributed by atoms with van der Waals surface area (Å²) in [7, 11) is 0. The Hall–Kier alpha value is 0.190. The van der Waals surface area contributed by atoms with Gasteiger partial charge in [-0.15, -0.1) is 0 Å². The molecule has 0 saturated carbocycles. The fraction of sp³-hybridized carbons (Fsp3) is 1.00. The van der Waals surface area contributed by atoms with Gasteiger partial charge in [-0.1, -0.05) is 0 Å². The highest BCUT2D eigenvalue weighted by Gasteiger charge is 2.17. The first-order chi connectivity index (χ1) is 8.34. The zero-order valence-corrected chi connectivity index (χ0v) is 11.4. The van der Waals surface area contributed by atoms with E-state index in [0.717, 1.165) is 52.4 Å².